The third-order valence-electron chi connectivity index (χ3n) is 2.70. The number of nitrogens with zero attached hydrogens (tertiary/aromatic N) is 1. The summed E-state index contributed by atoms with van der Waals surface area (Å²) in [6.45, 7) is 2.15. The predicted molar refractivity (Wildman–Crippen MR) is 69.8 cm³/mol. The van der Waals surface area contributed by atoms with Crippen LogP contribution in [0.3, 0.4) is 0 Å². The molecule has 0 heterocycles. The Kier molecular flexibility index (Phi) is 5.38. The van der Waals surface area contributed by atoms with Gasteiger partial charge in [-0.3, -0.25) is 4.79 Å². The minimum Gasteiger partial charge on any atom is -0.508 e. The molecule has 0 spiro atoms. The van der Waals surface area contributed by atoms with Gasteiger partial charge in [-0.15, -0.1) is 0 Å². The Hall–Kier alpha value is -1.76. The largest absolute Gasteiger partial charge is 0.508 e. The number of carbonyl (C=O) groups is 1. The molecule has 0 aliphatic rings. The molecule has 20 heavy (non-hydrogen) atoms. The van der Waals surface area contributed by atoms with Crippen LogP contribution >= 0.6 is 0 Å². The van der Waals surface area contributed by atoms with Gasteiger partial charge in [-0.2, -0.15) is 13.2 Å². The molecule has 7 heteroatoms. The van der Waals surface area contributed by atoms with E-state index in [0.29, 0.717) is 12.2 Å². The maximum atomic E-state index is 12.0. The Labute approximate surface area is 115 Å². The molecule has 0 bridgehead atoms. The lowest BCUT2D eigenvalue weighted by molar-refractivity contribution is -0.127. The van der Waals surface area contributed by atoms with Crippen LogP contribution in [-0.4, -0.2) is 36.8 Å². The van der Waals surface area contributed by atoms with Crippen LogP contribution < -0.4 is 10.2 Å². The van der Waals surface area contributed by atoms with Crippen molar-refractivity contribution in [3.8, 4) is 5.75 Å². The third kappa shape index (κ3) is 4.73. The third-order valence-corrected chi connectivity index (χ3v) is 2.70. The Morgan fingerprint density at radius 2 is 2.05 bits per heavy atom. The lowest BCUT2D eigenvalue weighted by Crippen LogP contribution is -2.41. The van der Waals surface area contributed by atoms with E-state index >= 15 is 0 Å². The Morgan fingerprint density at radius 1 is 1.40 bits per heavy atom. The number of hydrogen-bond donors (Lipinski definition) is 2. The summed E-state index contributed by atoms with van der Waals surface area (Å²) in [6, 6.07) is 4.54. The van der Waals surface area contributed by atoms with Crippen LogP contribution in [0.15, 0.2) is 18.2 Å². The number of phenols is 1. The summed E-state index contributed by atoms with van der Waals surface area (Å²) in [5.41, 5.74) is 1.25. The fourth-order valence-corrected chi connectivity index (χ4v) is 1.78. The zero-order valence-electron chi connectivity index (χ0n) is 11.3. The average molecular weight is 290 g/mol. The van der Waals surface area contributed by atoms with E-state index in [2.05, 4.69) is 5.32 Å². The monoisotopic (exact) mass is 290 g/mol. The van der Waals surface area contributed by atoms with Crippen molar-refractivity contribution in [2.24, 2.45) is 0 Å². The molecule has 0 radical (unpaired) electrons. The number of aryl methyl sites for hydroxylation is 1. The van der Waals surface area contributed by atoms with E-state index in [-0.39, 0.29) is 5.75 Å². The SMILES string of the molecule is CCN(C(=O)CNCC(F)(F)F)c1cc(O)ccc1C. The van der Waals surface area contributed by atoms with Crippen LogP contribution in [0, 0.1) is 6.92 Å². The van der Waals surface area contributed by atoms with Crippen molar-refractivity contribution in [1.82, 2.24) is 5.32 Å². The molecule has 0 aliphatic carbocycles. The molecular weight excluding hydrogens is 273 g/mol. The summed E-state index contributed by atoms with van der Waals surface area (Å²) in [4.78, 5) is 13.3. The number of benzene rings is 1. The summed E-state index contributed by atoms with van der Waals surface area (Å²) >= 11 is 0. The fraction of sp³-hybridized carbons (Fsp3) is 0.462. The van der Waals surface area contributed by atoms with Crippen LogP contribution in [0.2, 0.25) is 0 Å². The maximum Gasteiger partial charge on any atom is 0.401 e. The second-order valence-electron chi connectivity index (χ2n) is 4.33. The molecule has 0 fully saturated rings. The first-order valence-corrected chi connectivity index (χ1v) is 6.12. The van der Waals surface area contributed by atoms with Gasteiger partial charge in [0.1, 0.15) is 5.75 Å². The van der Waals surface area contributed by atoms with Crippen molar-refractivity contribution >= 4 is 11.6 Å². The van der Waals surface area contributed by atoms with Crippen molar-refractivity contribution in [2.45, 2.75) is 20.0 Å². The van der Waals surface area contributed by atoms with E-state index in [9.17, 15) is 23.1 Å². The van der Waals surface area contributed by atoms with Crippen molar-refractivity contribution in [3.63, 3.8) is 0 Å². The molecule has 1 rings (SSSR count). The zero-order chi connectivity index (χ0) is 15.3. The van der Waals surface area contributed by atoms with Crippen LogP contribution in [-0.2, 0) is 4.79 Å². The first kappa shape index (κ1) is 16.3. The first-order chi connectivity index (χ1) is 9.24. The van der Waals surface area contributed by atoms with E-state index in [1.54, 1.807) is 19.9 Å². The highest BCUT2D eigenvalue weighted by molar-refractivity contribution is 5.95. The van der Waals surface area contributed by atoms with E-state index < -0.39 is 25.2 Å². The smallest absolute Gasteiger partial charge is 0.401 e. The number of phenolic OH excluding ortho intramolecular Hbond substituents is 1. The number of hydrogen-bond acceptors (Lipinski definition) is 3. The van der Waals surface area contributed by atoms with Gasteiger partial charge in [0.2, 0.25) is 5.91 Å². The van der Waals surface area contributed by atoms with Gasteiger partial charge in [0.05, 0.1) is 18.8 Å². The van der Waals surface area contributed by atoms with Crippen LogP contribution in [0.5, 0.6) is 5.75 Å². The number of likely N-dealkylation sites (N-methyl/N-ethyl adjacent to an activating group) is 1. The maximum absolute atomic E-state index is 12.0. The predicted octanol–water partition coefficient (Wildman–Crippen LogP) is 2.21. The van der Waals surface area contributed by atoms with Gasteiger partial charge in [0.15, 0.2) is 0 Å². The minimum absolute atomic E-state index is 0.0000932. The lowest BCUT2D eigenvalue weighted by atomic mass is 10.1. The van der Waals surface area contributed by atoms with Gasteiger partial charge in [-0.25, -0.2) is 0 Å². The summed E-state index contributed by atoms with van der Waals surface area (Å²) in [5.74, 6) is -0.481. The van der Waals surface area contributed by atoms with E-state index in [1.807, 2.05) is 0 Å². The van der Waals surface area contributed by atoms with Crippen LogP contribution in [0.4, 0.5) is 18.9 Å². The van der Waals surface area contributed by atoms with Crippen molar-refractivity contribution < 1.29 is 23.1 Å². The van der Waals surface area contributed by atoms with Gasteiger partial charge in [-0.05, 0) is 25.5 Å². The standard InChI is InChI=1S/C13H17F3N2O2/c1-3-18(11-6-10(19)5-4-9(11)2)12(20)7-17-8-13(14,15)16/h4-6,17,19H,3,7-8H2,1-2H3. The molecule has 2 N–H and O–H groups in total. The number of amides is 1. The second kappa shape index (κ2) is 6.60. The fourth-order valence-electron chi connectivity index (χ4n) is 1.78. The molecule has 0 aliphatic heterocycles. The molecule has 1 aromatic rings. The Balaban J connectivity index is 2.75. The molecule has 112 valence electrons. The molecule has 0 aromatic heterocycles. The number of aromatic hydroxyl groups is 1. The van der Waals surface area contributed by atoms with E-state index in [0.717, 1.165) is 5.56 Å². The molecule has 0 atom stereocenters. The number of alkyl halides is 3. The van der Waals surface area contributed by atoms with Crippen LogP contribution in [0.1, 0.15) is 12.5 Å². The van der Waals surface area contributed by atoms with Gasteiger partial charge >= 0.3 is 6.18 Å². The van der Waals surface area contributed by atoms with E-state index in [4.69, 9.17) is 0 Å². The first-order valence-electron chi connectivity index (χ1n) is 6.12. The Morgan fingerprint density at radius 3 is 2.60 bits per heavy atom. The number of anilines is 1. The highest BCUT2D eigenvalue weighted by Crippen LogP contribution is 2.24. The number of rotatable bonds is 5. The molecule has 0 saturated carbocycles. The highest BCUT2D eigenvalue weighted by Gasteiger charge is 2.27. The summed E-state index contributed by atoms with van der Waals surface area (Å²) in [7, 11) is 0. The quantitative estimate of drug-likeness (QED) is 0.874. The van der Waals surface area contributed by atoms with Crippen molar-refractivity contribution in [1.29, 1.82) is 0 Å². The van der Waals surface area contributed by atoms with Gasteiger partial charge in [-0.1, -0.05) is 6.07 Å². The number of carbonyl (C=O) groups excluding carboxylic acids is 1. The normalized spacial score (nSPS) is 11.4. The number of halogens is 3. The summed E-state index contributed by atoms with van der Waals surface area (Å²) < 4.78 is 36.0. The van der Waals surface area contributed by atoms with E-state index in [1.165, 1.54) is 17.0 Å². The van der Waals surface area contributed by atoms with Crippen LogP contribution in [0.25, 0.3) is 0 Å². The van der Waals surface area contributed by atoms with Crippen molar-refractivity contribution in [3.05, 3.63) is 23.8 Å². The highest BCUT2D eigenvalue weighted by atomic mass is 19.4. The van der Waals surface area contributed by atoms with Gasteiger partial charge in [0.25, 0.3) is 0 Å². The Bertz CT molecular complexity index is 475. The summed E-state index contributed by atoms with van der Waals surface area (Å²) in [6.07, 6.45) is -4.35. The van der Waals surface area contributed by atoms with Crippen molar-refractivity contribution in [2.75, 3.05) is 24.5 Å². The molecule has 1 amide bonds. The average Bonchev–Trinajstić information content (AvgIpc) is 2.33. The zero-order valence-corrected chi connectivity index (χ0v) is 11.3. The minimum atomic E-state index is -4.35. The second-order valence-corrected chi connectivity index (χ2v) is 4.33. The molecule has 0 saturated heterocycles. The molecule has 4 nitrogen and oxygen atoms in total. The lowest BCUT2D eigenvalue weighted by Gasteiger charge is -2.23. The molecule has 0 unspecified atom stereocenters. The topological polar surface area (TPSA) is 52.6 Å². The number of nitrogens with one attached hydrogen (secondary N) is 1. The van der Waals surface area contributed by atoms with Gasteiger partial charge < -0.3 is 15.3 Å². The summed E-state index contributed by atoms with van der Waals surface area (Å²) in [5, 5.41) is 11.5. The molecular formula is C13H17F3N2O2. The van der Waals surface area contributed by atoms with Gasteiger partial charge in [0, 0.05) is 12.6 Å². The molecule has 1 aromatic carbocycles.